The number of Topliss-reactive ketones (excluding diaryl/α,β-unsaturated/α-hetero) is 1. The molecule has 2 aliphatic carbocycles. The lowest BCUT2D eigenvalue weighted by molar-refractivity contribution is -0.161. The highest BCUT2D eigenvalue weighted by Gasteiger charge is 2.71. The zero-order valence-corrected chi connectivity index (χ0v) is 19.4. The zero-order valence-electron chi connectivity index (χ0n) is 19.4. The molecular formula is C25H40O5. The lowest BCUT2D eigenvalue weighted by atomic mass is 9.55. The lowest BCUT2D eigenvalue weighted by Crippen LogP contribution is -2.62. The molecule has 0 radical (unpaired) electrons. The second-order valence-electron chi connectivity index (χ2n) is 10.5. The van der Waals surface area contributed by atoms with E-state index in [1.807, 2.05) is 26.8 Å². The summed E-state index contributed by atoms with van der Waals surface area (Å²) in [6, 6.07) is 0. The molecule has 9 atom stereocenters. The molecule has 1 saturated heterocycles. The molecule has 0 bridgehead atoms. The molecule has 0 aromatic carbocycles. The minimum atomic E-state index is -1.23. The number of carbonyl (C=O) groups excluding carboxylic acids is 1. The van der Waals surface area contributed by atoms with Gasteiger partial charge in [-0.3, -0.25) is 4.79 Å². The van der Waals surface area contributed by atoms with Crippen LogP contribution in [0.5, 0.6) is 0 Å². The van der Waals surface area contributed by atoms with E-state index in [0.717, 1.165) is 18.4 Å². The summed E-state index contributed by atoms with van der Waals surface area (Å²) in [6.07, 6.45) is 5.23. The standard InChI is InChI=1S/C25H40O5/c1-14(2)13-20-25(29)17(5)18-8-7-16(4)21(18)22(28)23(25)24(6,30-20)11-9-19(27)15(3)10-12-26/h10,13,16-21,23,26-27,29H,7-9,11-12H2,1-6H3/b15-10-/t16-,17-,18-,19?,20+,21-,23-,24-,25-/m0/s1. The van der Waals surface area contributed by atoms with Crippen LogP contribution < -0.4 is 0 Å². The third-order valence-corrected chi connectivity index (χ3v) is 8.28. The summed E-state index contributed by atoms with van der Waals surface area (Å²) in [5.74, 6) is 0.0411. The van der Waals surface area contributed by atoms with Crippen molar-refractivity contribution in [2.24, 2.45) is 29.6 Å². The molecule has 3 aliphatic rings. The van der Waals surface area contributed by atoms with E-state index in [9.17, 15) is 15.0 Å². The summed E-state index contributed by atoms with van der Waals surface area (Å²) in [6.45, 7) is 11.8. The first kappa shape index (κ1) is 23.6. The number of aliphatic hydroxyl groups is 3. The van der Waals surface area contributed by atoms with Crippen molar-refractivity contribution in [2.75, 3.05) is 6.61 Å². The Hall–Kier alpha value is -1.01. The number of fused-ring (bicyclic) bond motifs is 2. The predicted molar refractivity (Wildman–Crippen MR) is 117 cm³/mol. The Kier molecular flexibility index (Phi) is 6.70. The van der Waals surface area contributed by atoms with Crippen molar-refractivity contribution in [1.82, 2.24) is 0 Å². The fourth-order valence-corrected chi connectivity index (χ4v) is 6.59. The van der Waals surface area contributed by atoms with Crippen molar-refractivity contribution in [1.29, 1.82) is 0 Å². The molecule has 3 rings (SSSR count). The summed E-state index contributed by atoms with van der Waals surface area (Å²) in [5, 5.41) is 31.7. The van der Waals surface area contributed by atoms with Crippen LogP contribution in [0.4, 0.5) is 0 Å². The maximum Gasteiger partial charge on any atom is 0.145 e. The lowest BCUT2D eigenvalue weighted by Gasteiger charge is -2.49. The van der Waals surface area contributed by atoms with Crippen LogP contribution in [0.2, 0.25) is 0 Å². The molecule has 5 nitrogen and oxygen atoms in total. The Morgan fingerprint density at radius 2 is 1.93 bits per heavy atom. The Labute approximate surface area is 181 Å². The fraction of sp³-hybridized carbons (Fsp3) is 0.800. The van der Waals surface area contributed by atoms with Gasteiger partial charge in [0.05, 0.1) is 24.2 Å². The molecule has 5 heteroatoms. The van der Waals surface area contributed by atoms with Crippen molar-refractivity contribution in [3.05, 3.63) is 23.3 Å². The quantitative estimate of drug-likeness (QED) is 0.573. The van der Waals surface area contributed by atoms with E-state index in [2.05, 4.69) is 13.8 Å². The molecule has 0 spiro atoms. The molecule has 2 saturated carbocycles. The summed E-state index contributed by atoms with van der Waals surface area (Å²) < 4.78 is 6.51. The Morgan fingerprint density at radius 3 is 2.53 bits per heavy atom. The molecule has 3 N–H and O–H groups in total. The van der Waals surface area contributed by atoms with Gasteiger partial charge in [-0.15, -0.1) is 0 Å². The largest absolute Gasteiger partial charge is 0.392 e. The number of ether oxygens (including phenoxy) is 1. The Balaban J connectivity index is 1.97. The molecular weight excluding hydrogens is 380 g/mol. The van der Waals surface area contributed by atoms with E-state index in [1.54, 1.807) is 13.0 Å². The van der Waals surface area contributed by atoms with Crippen LogP contribution in [0.15, 0.2) is 23.3 Å². The summed E-state index contributed by atoms with van der Waals surface area (Å²) in [5.41, 5.74) is -0.303. The number of hydrogen-bond acceptors (Lipinski definition) is 5. The topological polar surface area (TPSA) is 87.0 Å². The first-order valence-corrected chi connectivity index (χ1v) is 11.5. The Morgan fingerprint density at radius 1 is 1.27 bits per heavy atom. The molecule has 1 aliphatic heterocycles. The number of carbonyl (C=O) groups is 1. The van der Waals surface area contributed by atoms with Gasteiger partial charge < -0.3 is 20.1 Å². The highest BCUT2D eigenvalue weighted by atomic mass is 16.5. The number of allylic oxidation sites excluding steroid dienone is 1. The first-order chi connectivity index (χ1) is 14.0. The van der Waals surface area contributed by atoms with Gasteiger partial charge >= 0.3 is 0 Å². The monoisotopic (exact) mass is 420 g/mol. The maximum atomic E-state index is 13.8. The number of hydrogen-bond donors (Lipinski definition) is 3. The van der Waals surface area contributed by atoms with E-state index in [-0.39, 0.29) is 30.1 Å². The van der Waals surface area contributed by atoms with Gasteiger partial charge in [0.1, 0.15) is 17.5 Å². The average Bonchev–Trinajstić information content (AvgIpc) is 3.15. The van der Waals surface area contributed by atoms with Gasteiger partial charge in [0, 0.05) is 5.92 Å². The molecule has 0 aromatic heterocycles. The van der Waals surface area contributed by atoms with Crippen LogP contribution in [-0.2, 0) is 9.53 Å². The van der Waals surface area contributed by atoms with E-state index in [0.29, 0.717) is 24.3 Å². The smallest absolute Gasteiger partial charge is 0.145 e. The zero-order chi connectivity index (χ0) is 22.4. The number of ketones is 1. The second-order valence-corrected chi connectivity index (χ2v) is 10.5. The minimum absolute atomic E-state index is 0.0143. The molecule has 1 unspecified atom stereocenters. The fourth-order valence-electron chi connectivity index (χ4n) is 6.59. The van der Waals surface area contributed by atoms with Crippen LogP contribution >= 0.6 is 0 Å². The SMILES string of the molecule is CC(C)=C[C@H]1O[C@@](C)(CCC(O)/C(C)=C\CO)[C@@H]2C(=O)[C@@H]3[C@@H](CC[C@@H]3C)[C@H](C)[C@@]21O. The molecule has 170 valence electrons. The molecule has 1 heterocycles. The minimum Gasteiger partial charge on any atom is -0.392 e. The predicted octanol–water partition coefficient (Wildman–Crippen LogP) is 3.42. The van der Waals surface area contributed by atoms with Gasteiger partial charge in [0.25, 0.3) is 0 Å². The van der Waals surface area contributed by atoms with E-state index >= 15 is 0 Å². The highest BCUT2D eigenvalue weighted by Crippen LogP contribution is 2.61. The molecule has 3 fully saturated rings. The maximum absolute atomic E-state index is 13.8. The van der Waals surface area contributed by atoms with Gasteiger partial charge in [-0.25, -0.2) is 0 Å². The summed E-state index contributed by atoms with van der Waals surface area (Å²) >= 11 is 0. The van der Waals surface area contributed by atoms with Crippen molar-refractivity contribution < 1.29 is 24.9 Å². The summed E-state index contributed by atoms with van der Waals surface area (Å²) in [4.78, 5) is 13.8. The van der Waals surface area contributed by atoms with Crippen molar-refractivity contribution >= 4 is 5.78 Å². The van der Waals surface area contributed by atoms with Crippen LogP contribution in [0.25, 0.3) is 0 Å². The van der Waals surface area contributed by atoms with Crippen molar-refractivity contribution in [2.45, 2.75) is 90.6 Å². The van der Waals surface area contributed by atoms with Gasteiger partial charge in [-0.05, 0) is 76.7 Å². The van der Waals surface area contributed by atoms with Crippen LogP contribution in [-0.4, -0.2) is 51.1 Å². The second kappa shape index (κ2) is 8.50. The first-order valence-electron chi connectivity index (χ1n) is 11.5. The number of rotatable bonds is 6. The average molecular weight is 421 g/mol. The van der Waals surface area contributed by atoms with Gasteiger partial charge in [0.15, 0.2) is 0 Å². The normalized spacial score (nSPS) is 44.6. The van der Waals surface area contributed by atoms with Crippen molar-refractivity contribution in [3.63, 3.8) is 0 Å². The molecule has 30 heavy (non-hydrogen) atoms. The highest BCUT2D eigenvalue weighted by molar-refractivity contribution is 5.88. The Bertz CT molecular complexity index is 723. The van der Waals surface area contributed by atoms with Crippen LogP contribution in [0.1, 0.15) is 67.2 Å². The van der Waals surface area contributed by atoms with Crippen molar-refractivity contribution in [3.8, 4) is 0 Å². The molecule has 0 aromatic rings. The van der Waals surface area contributed by atoms with Gasteiger partial charge in [-0.1, -0.05) is 31.6 Å². The van der Waals surface area contributed by atoms with E-state index < -0.39 is 29.3 Å². The summed E-state index contributed by atoms with van der Waals surface area (Å²) in [7, 11) is 0. The van der Waals surface area contributed by atoms with Crippen LogP contribution in [0.3, 0.4) is 0 Å². The van der Waals surface area contributed by atoms with Gasteiger partial charge in [-0.2, -0.15) is 0 Å². The van der Waals surface area contributed by atoms with E-state index in [4.69, 9.17) is 9.84 Å². The third kappa shape index (κ3) is 3.72. The molecule has 0 amide bonds. The van der Waals surface area contributed by atoms with Crippen LogP contribution in [0, 0.1) is 29.6 Å². The third-order valence-electron chi connectivity index (χ3n) is 8.28. The van der Waals surface area contributed by atoms with E-state index in [1.165, 1.54) is 0 Å². The van der Waals surface area contributed by atoms with Gasteiger partial charge in [0.2, 0.25) is 0 Å². The number of aliphatic hydroxyl groups excluding tert-OH is 2.